The van der Waals surface area contributed by atoms with Crippen LogP contribution < -0.4 is 0 Å². The van der Waals surface area contributed by atoms with Crippen LogP contribution in [0.1, 0.15) is 10.4 Å². The summed E-state index contributed by atoms with van der Waals surface area (Å²) >= 11 is 14.4. The largest absolute Gasteiger partial charge is 0.387 e. The van der Waals surface area contributed by atoms with Gasteiger partial charge in [-0.15, -0.1) is 11.3 Å². The normalized spacial score (nSPS) is 14.2. The predicted molar refractivity (Wildman–Crippen MR) is 95.6 cm³/mol. The van der Waals surface area contributed by atoms with E-state index in [1.54, 1.807) is 22.4 Å². The Kier molecular flexibility index (Phi) is 4.00. The van der Waals surface area contributed by atoms with E-state index in [1.807, 2.05) is 12.3 Å². The molecule has 24 heavy (non-hydrogen) atoms. The molecule has 0 unspecified atom stereocenters. The zero-order valence-electron chi connectivity index (χ0n) is 12.5. The maximum Gasteiger partial charge on any atom is 0.248 e. The molecule has 0 aliphatic carbocycles. The second-order valence-corrected chi connectivity index (χ2v) is 7.53. The minimum Gasteiger partial charge on any atom is -0.387 e. The molecule has 0 spiro atoms. The molecular formula is C16H13Cl2N3O2S. The highest BCUT2D eigenvalue weighted by Crippen LogP contribution is 2.46. The van der Waals surface area contributed by atoms with Crippen LogP contribution in [0.2, 0.25) is 10.0 Å². The third-order valence-corrected chi connectivity index (χ3v) is 6.50. The highest BCUT2D eigenvalue weighted by atomic mass is 35.5. The van der Waals surface area contributed by atoms with Gasteiger partial charge in [-0.25, -0.2) is 0 Å². The molecule has 0 radical (unpaired) electrons. The summed E-state index contributed by atoms with van der Waals surface area (Å²) in [7, 11) is 0. The van der Waals surface area contributed by atoms with Crippen molar-refractivity contribution < 1.29 is 9.90 Å². The van der Waals surface area contributed by atoms with E-state index in [-0.39, 0.29) is 5.91 Å². The zero-order chi connectivity index (χ0) is 16.8. The van der Waals surface area contributed by atoms with Gasteiger partial charge >= 0.3 is 0 Å². The fourth-order valence-corrected chi connectivity index (χ4v) is 4.93. The van der Waals surface area contributed by atoms with E-state index in [0.29, 0.717) is 23.1 Å². The predicted octanol–water partition coefficient (Wildman–Crippen LogP) is 3.48. The first kappa shape index (κ1) is 15.9. The molecule has 0 bridgehead atoms. The van der Waals surface area contributed by atoms with E-state index in [2.05, 4.69) is 10.2 Å². The zero-order valence-corrected chi connectivity index (χ0v) is 14.8. The smallest absolute Gasteiger partial charge is 0.248 e. The third-order valence-electron chi connectivity index (χ3n) is 4.30. The number of aliphatic hydroxyl groups excluding tert-OH is 1. The van der Waals surface area contributed by atoms with Gasteiger partial charge in [-0.2, -0.15) is 5.10 Å². The molecule has 5 nitrogen and oxygen atoms in total. The molecule has 4 rings (SSSR count). The van der Waals surface area contributed by atoms with E-state index in [0.717, 1.165) is 33.2 Å². The van der Waals surface area contributed by atoms with Crippen LogP contribution in [0.15, 0.2) is 18.5 Å². The fraction of sp³-hybridized carbons (Fsp3) is 0.250. The SMILES string of the molecule is O=C(CO)N1CCc2sc3c(Cl)c(Cl)cc(-c4cn[nH]c4)c3c2C1. The minimum absolute atomic E-state index is 0.259. The summed E-state index contributed by atoms with van der Waals surface area (Å²) in [6.45, 7) is 0.599. The van der Waals surface area contributed by atoms with Crippen molar-refractivity contribution in [1.29, 1.82) is 0 Å². The van der Waals surface area contributed by atoms with Gasteiger partial charge in [0.25, 0.3) is 0 Å². The Morgan fingerprint density at radius 3 is 3.00 bits per heavy atom. The Hall–Kier alpha value is -1.60. The van der Waals surface area contributed by atoms with Gasteiger partial charge < -0.3 is 10.0 Å². The number of aliphatic hydroxyl groups is 1. The van der Waals surface area contributed by atoms with Crippen LogP contribution in [0.3, 0.4) is 0 Å². The van der Waals surface area contributed by atoms with Crippen LogP contribution in [-0.4, -0.2) is 39.3 Å². The highest BCUT2D eigenvalue weighted by Gasteiger charge is 2.27. The summed E-state index contributed by atoms with van der Waals surface area (Å²) < 4.78 is 0.934. The number of nitrogens with one attached hydrogen (secondary N) is 1. The Morgan fingerprint density at radius 2 is 2.29 bits per heavy atom. The van der Waals surface area contributed by atoms with Crippen molar-refractivity contribution >= 4 is 50.5 Å². The lowest BCUT2D eigenvalue weighted by molar-refractivity contribution is -0.135. The van der Waals surface area contributed by atoms with Gasteiger partial charge in [0.05, 0.1) is 20.9 Å². The van der Waals surface area contributed by atoms with Crippen LogP contribution in [0.25, 0.3) is 21.2 Å². The van der Waals surface area contributed by atoms with Crippen LogP contribution >= 0.6 is 34.5 Å². The number of rotatable bonds is 2. The Bertz CT molecular complexity index is 937. The Morgan fingerprint density at radius 1 is 1.46 bits per heavy atom. The summed E-state index contributed by atoms with van der Waals surface area (Å²) in [6.07, 6.45) is 4.30. The Labute approximate surface area is 151 Å². The van der Waals surface area contributed by atoms with Crippen molar-refractivity contribution in [3.63, 3.8) is 0 Å². The molecule has 3 aromatic rings. The van der Waals surface area contributed by atoms with E-state index in [4.69, 9.17) is 28.3 Å². The first-order chi connectivity index (χ1) is 11.6. The number of benzene rings is 1. The monoisotopic (exact) mass is 381 g/mol. The fourth-order valence-electron chi connectivity index (χ4n) is 3.14. The number of hydrogen-bond donors (Lipinski definition) is 2. The maximum atomic E-state index is 11.9. The summed E-state index contributed by atoms with van der Waals surface area (Å²) in [5.41, 5.74) is 2.95. The lowest BCUT2D eigenvalue weighted by Gasteiger charge is -2.26. The second kappa shape index (κ2) is 6.04. The van der Waals surface area contributed by atoms with E-state index in [1.165, 1.54) is 4.88 Å². The average molecular weight is 382 g/mol. The highest BCUT2D eigenvalue weighted by molar-refractivity contribution is 7.20. The van der Waals surface area contributed by atoms with Crippen LogP contribution in [-0.2, 0) is 17.8 Å². The molecule has 124 valence electrons. The molecular weight excluding hydrogens is 369 g/mol. The van der Waals surface area contributed by atoms with Gasteiger partial charge in [0.2, 0.25) is 5.91 Å². The van der Waals surface area contributed by atoms with Crippen molar-refractivity contribution in [3.05, 3.63) is 38.9 Å². The number of aromatic nitrogens is 2. The number of fused-ring (bicyclic) bond motifs is 3. The van der Waals surface area contributed by atoms with E-state index < -0.39 is 6.61 Å². The number of halogens is 2. The number of aromatic amines is 1. The number of carbonyl (C=O) groups excluding carboxylic acids is 1. The quantitative estimate of drug-likeness (QED) is 0.713. The second-order valence-electron chi connectivity index (χ2n) is 5.64. The summed E-state index contributed by atoms with van der Waals surface area (Å²) in [6, 6.07) is 1.84. The van der Waals surface area contributed by atoms with Crippen molar-refractivity contribution in [1.82, 2.24) is 15.1 Å². The lowest BCUT2D eigenvalue weighted by Crippen LogP contribution is -2.37. The van der Waals surface area contributed by atoms with Crippen molar-refractivity contribution in [3.8, 4) is 11.1 Å². The first-order valence-corrected chi connectivity index (χ1v) is 8.97. The van der Waals surface area contributed by atoms with Gasteiger partial charge in [0.1, 0.15) is 6.61 Å². The van der Waals surface area contributed by atoms with E-state index >= 15 is 0 Å². The number of hydrogen-bond acceptors (Lipinski definition) is 4. The van der Waals surface area contributed by atoms with Crippen LogP contribution in [0.5, 0.6) is 0 Å². The number of nitrogens with zero attached hydrogens (tertiary/aromatic N) is 2. The number of carbonyl (C=O) groups is 1. The van der Waals surface area contributed by atoms with E-state index in [9.17, 15) is 4.79 Å². The van der Waals surface area contributed by atoms with Crippen molar-refractivity contribution in [2.45, 2.75) is 13.0 Å². The number of thiophene rings is 1. The molecule has 2 aromatic heterocycles. The molecule has 2 N–H and O–H groups in total. The summed E-state index contributed by atoms with van der Waals surface area (Å²) in [4.78, 5) is 14.8. The van der Waals surface area contributed by atoms with Gasteiger partial charge in [-0.1, -0.05) is 23.2 Å². The minimum atomic E-state index is -0.474. The van der Waals surface area contributed by atoms with Crippen molar-refractivity contribution in [2.75, 3.05) is 13.2 Å². The van der Waals surface area contributed by atoms with Gasteiger partial charge in [0, 0.05) is 35.1 Å². The molecule has 8 heteroatoms. The standard InChI is InChI=1S/C16H13Cl2N3O2S/c17-11-3-9(8-4-19-20-5-8)14-10-6-21(13(23)7-22)2-1-12(10)24-16(14)15(11)18/h3-5,22H,1-2,6-7H2,(H,19,20). The third kappa shape index (κ3) is 2.41. The maximum absolute atomic E-state index is 11.9. The molecule has 1 aromatic carbocycles. The van der Waals surface area contributed by atoms with Gasteiger partial charge in [0.15, 0.2) is 0 Å². The molecule has 1 aliphatic heterocycles. The molecule has 3 heterocycles. The number of H-pyrrole nitrogens is 1. The molecule has 0 saturated carbocycles. The first-order valence-electron chi connectivity index (χ1n) is 7.40. The van der Waals surface area contributed by atoms with Gasteiger partial charge in [-0.05, 0) is 23.6 Å². The lowest BCUT2D eigenvalue weighted by atomic mass is 9.98. The molecule has 0 fully saturated rings. The van der Waals surface area contributed by atoms with Crippen LogP contribution in [0, 0.1) is 0 Å². The summed E-state index contributed by atoms with van der Waals surface area (Å²) in [5, 5.41) is 18.0. The topological polar surface area (TPSA) is 69.2 Å². The average Bonchev–Trinajstić information content (AvgIpc) is 3.24. The van der Waals surface area contributed by atoms with Crippen LogP contribution in [0.4, 0.5) is 0 Å². The molecule has 0 atom stereocenters. The molecule has 1 amide bonds. The van der Waals surface area contributed by atoms with Gasteiger partial charge in [-0.3, -0.25) is 9.89 Å². The number of amides is 1. The Balaban J connectivity index is 1.96. The molecule has 0 saturated heterocycles. The summed E-state index contributed by atoms with van der Waals surface area (Å²) in [5.74, 6) is -0.259. The molecule has 1 aliphatic rings. The van der Waals surface area contributed by atoms with Crippen molar-refractivity contribution in [2.24, 2.45) is 0 Å².